The van der Waals surface area contributed by atoms with E-state index in [4.69, 9.17) is 0 Å². The zero-order valence-corrected chi connectivity index (χ0v) is 11.1. The molecule has 17 heavy (non-hydrogen) atoms. The second-order valence-corrected chi connectivity index (χ2v) is 4.78. The van der Waals surface area contributed by atoms with Crippen molar-refractivity contribution in [2.75, 3.05) is 27.2 Å². The molecule has 0 fully saturated rings. The minimum Gasteiger partial charge on any atom is -0.508 e. The molecule has 96 valence electrons. The average Bonchev–Trinajstić information content (AvgIpc) is 2.29. The fourth-order valence-electron chi connectivity index (χ4n) is 1.75. The molecule has 1 rings (SSSR count). The lowest BCUT2D eigenvalue weighted by Crippen LogP contribution is -2.21. The summed E-state index contributed by atoms with van der Waals surface area (Å²) in [5.74, 6) is 0.326. The predicted molar refractivity (Wildman–Crippen MR) is 72.3 cm³/mol. The molecule has 0 aromatic heterocycles. The Kier molecular flexibility index (Phi) is 6.01. The molecule has 1 unspecified atom stereocenters. The molecule has 1 aromatic carbocycles. The Hall–Kier alpha value is -1.06. The van der Waals surface area contributed by atoms with Gasteiger partial charge in [-0.05, 0) is 64.6 Å². The van der Waals surface area contributed by atoms with Crippen LogP contribution in [0.4, 0.5) is 0 Å². The fraction of sp³-hybridized carbons (Fsp3) is 0.571. The molecule has 0 radical (unpaired) electrons. The third-order valence-corrected chi connectivity index (χ3v) is 2.88. The lowest BCUT2D eigenvalue weighted by molar-refractivity contribution is 0.389. The highest BCUT2D eigenvalue weighted by atomic mass is 16.3. The first kappa shape index (κ1) is 14.0. The van der Waals surface area contributed by atoms with E-state index in [0.29, 0.717) is 11.8 Å². The Balaban J connectivity index is 2.21. The lowest BCUT2D eigenvalue weighted by atomic mass is 10.1. The van der Waals surface area contributed by atoms with Gasteiger partial charge < -0.3 is 15.3 Å². The number of benzene rings is 1. The van der Waals surface area contributed by atoms with E-state index in [-0.39, 0.29) is 0 Å². The number of rotatable bonds is 7. The highest BCUT2D eigenvalue weighted by Crippen LogP contribution is 2.16. The van der Waals surface area contributed by atoms with Gasteiger partial charge >= 0.3 is 0 Å². The van der Waals surface area contributed by atoms with Gasteiger partial charge in [0.05, 0.1) is 0 Å². The molecular formula is C14H24N2O. The summed E-state index contributed by atoms with van der Waals surface area (Å²) in [4.78, 5) is 2.21. The summed E-state index contributed by atoms with van der Waals surface area (Å²) < 4.78 is 0. The molecule has 0 heterocycles. The molecule has 0 aliphatic carbocycles. The van der Waals surface area contributed by atoms with Crippen molar-refractivity contribution in [2.24, 2.45) is 0 Å². The molecule has 3 heteroatoms. The van der Waals surface area contributed by atoms with Crippen LogP contribution in [-0.2, 0) is 0 Å². The topological polar surface area (TPSA) is 35.5 Å². The van der Waals surface area contributed by atoms with Crippen LogP contribution >= 0.6 is 0 Å². The number of phenols is 1. The smallest absolute Gasteiger partial charge is 0.115 e. The Labute approximate surface area is 104 Å². The summed E-state index contributed by atoms with van der Waals surface area (Å²) in [5.41, 5.74) is 1.22. The molecule has 0 aliphatic heterocycles. The van der Waals surface area contributed by atoms with E-state index in [1.54, 1.807) is 12.1 Å². The largest absolute Gasteiger partial charge is 0.508 e. The zero-order chi connectivity index (χ0) is 12.7. The SMILES string of the molecule is CC(NCCCCN(C)C)c1ccc(O)cc1. The van der Waals surface area contributed by atoms with Crippen LogP contribution in [0.15, 0.2) is 24.3 Å². The van der Waals surface area contributed by atoms with Gasteiger partial charge in [-0.25, -0.2) is 0 Å². The highest BCUT2D eigenvalue weighted by molar-refractivity contribution is 5.27. The normalized spacial score (nSPS) is 12.9. The van der Waals surface area contributed by atoms with Gasteiger partial charge in [-0.2, -0.15) is 0 Å². The standard InChI is InChI=1S/C14H24N2O/c1-12(13-6-8-14(17)9-7-13)15-10-4-5-11-16(2)3/h6-9,12,15,17H,4-5,10-11H2,1-3H3. The molecule has 0 bridgehead atoms. The van der Waals surface area contributed by atoms with Gasteiger partial charge in [0.1, 0.15) is 5.75 Å². The van der Waals surface area contributed by atoms with Crippen LogP contribution in [0.5, 0.6) is 5.75 Å². The second kappa shape index (κ2) is 7.30. The average molecular weight is 236 g/mol. The number of aromatic hydroxyl groups is 1. The number of nitrogens with zero attached hydrogens (tertiary/aromatic N) is 1. The molecule has 2 N–H and O–H groups in total. The van der Waals surface area contributed by atoms with Crippen molar-refractivity contribution < 1.29 is 5.11 Å². The van der Waals surface area contributed by atoms with Crippen LogP contribution < -0.4 is 5.32 Å². The van der Waals surface area contributed by atoms with Crippen LogP contribution in [0.3, 0.4) is 0 Å². The maximum atomic E-state index is 9.21. The van der Waals surface area contributed by atoms with Crippen molar-refractivity contribution >= 4 is 0 Å². The molecule has 0 saturated heterocycles. The first-order valence-corrected chi connectivity index (χ1v) is 6.26. The molecule has 0 saturated carbocycles. The van der Waals surface area contributed by atoms with Crippen molar-refractivity contribution in [3.8, 4) is 5.75 Å². The summed E-state index contributed by atoms with van der Waals surface area (Å²) in [6.07, 6.45) is 2.42. The molecule has 1 aromatic rings. The summed E-state index contributed by atoms with van der Waals surface area (Å²) >= 11 is 0. The number of nitrogens with one attached hydrogen (secondary N) is 1. The van der Waals surface area contributed by atoms with E-state index >= 15 is 0 Å². The summed E-state index contributed by atoms with van der Waals surface area (Å²) in [5, 5.41) is 12.7. The third kappa shape index (κ3) is 5.71. The van der Waals surface area contributed by atoms with Gasteiger partial charge in [-0.3, -0.25) is 0 Å². The van der Waals surface area contributed by atoms with E-state index in [2.05, 4.69) is 31.2 Å². The molecule has 1 atom stereocenters. The molecule has 0 spiro atoms. The maximum Gasteiger partial charge on any atom is 0.115 e. The number of unbranched alkanes of at least 4 members (excludes halogenated alkanes) is 1. The lowest BCUT2D eigenvalue weighted by Gasteiger charge is -2.15. The van der Waals surface area contributed by atoms with Gasteiger partial charge in [-0.1, -0.05) is 12.1 Å². The minimum absolute atomic E-state index is 0.326. The Morgan fingerprint density at radius 1 is 1.18 bits per heavy atom. The number of hydrogen-bond acceptors (Lipinski definition) is 3. The van der Waals surface area contributed by atoms with E-state index in [9.17, 15) is 5.11 Å². The van der Waals surface area contributed by atoms with Gasteiger partial charge in [0, 0.05) is 6.04 Å². The van der Waals surface area contributed by atoms with Crippen molar-refractivity contribution in [2.45, 2.75) is 25.8 Å². The van der Waals surface area contributed by atoms with Gasteiger partial charge in [0.2, 0.25) is 0 Å². The van der Waals surface area contributed by atoms with Crippen LogP contribution in [0.2, 0.25) is 0 Å². The van der Waals surface area contributed by atoms with Crippen LogP contribution in [0.25, 0.3) is 0 Å². The first-order chi connectivity index (χ1) is 8.09. The number of phenolic OH excluding ortho intramolecular Hbond substituents is 1. The van der Waals surface area contributed by atoms with Gasteiger partial charge in [0.15, 0.2) is 0 Å². The Morgan fingerprint density at radius 2 is 1.82 bits per heavy atom. The Morgan fingerprint density at radius 3 is 2.41 bits per heavy atom. The van der Waals surface area contributed by atoms with Gasteiger partial charge in [-0.15, -0.1) is 0 Å². The molecule has 0 aliphatic rings. The molecular weight excluding hydrogens is 212 g/mol. The van der Waals surface area contributed by atoms with Crippen LogP contribution in [0, 0.1) is 0 Å². The van der Waals surface area contributed by atoms with Crippen molar-refractivity contribution in [1.82, 2.24) is 10.2 Å². The van der Waals surface area contributed by atoms with Crippen molar-refractivity contribution in [3.63, 3.8) is 0 Å². The Bertz CT molecular complexity index is 309. The predicted octanol–water partition coefficient (Wildman–Crippen LogP) is 2.38. The monoisotopic (exact) mass is 236 g/mol. The molecule has 3 nitrogen and oxygen atoms in total. The second-order valence-electron chi connectivity index (χ2n) is 4.78. The summed E-state index contributed by atoms with van der Waals surface area (Å²) in [6, 6.07) is 7.74. The van der Waals surface area contributed by atoms with Crippen molar-refractivity contribution in [1.29, 1.82) is 0 Å². The van der Waals surface area contributed by atoms with Crippen molar-refractivity contribution in [3.05, 3.63) is 29.8 Å². The van der Waals surface area contributed by atoms with Crippen LogP contribution in [0.1, 0.15) is 31.4 Å². The van der Waals surface area contributed by atoms with Crippen LogP contribution in [-0.4, -0.2) is 37.2 Å². The summed E-state index contributed by atoms with van der Waals surface area (Å²) in [6.45, 7) is 4.34. The van der Waals surface area contributed by atoms with E-state index in [1.165, 1.54) is 18.4 Å². The first-order valence-electron chi connectivity index (χ1n) is 6.26. The maximum absolute atomic E-state index is 9.21. The fourth-order valence-corrected chi connectivity index (χ4v) is 1.75. The number of hydrogen-bond donors (Lipinski definition) is 2. The van der Waals surface area contributed by atoms with E-state index in [0.717, 1.165) is 13.1 Å². The third-order valence-electron chi connectivity index (χ3n) is 2.88. The quantitative estimate of drug-likeness (QED) is 0.714. The highest BCUT2D eigenvalue weighted by Gasteiger charge is 2.03. The van der Waals surface area contributed by atoms with E-state index < -0.39 is 0 Å². The van der Waals surface area contributed by atoms with Gasteiger partial charge in [0.25, 0.3) is 0 Å². The molecule has 0 amide bonds. The minimum atomic E-state index is 0.326. The summed E-state index contributed by atoms with van der Waals surface area (Å²) in [7, 11) is 4.21. The van der Waals surface area contributed by atoms with E-state index in [1.807, 2.05) is 12.1 Å². The zero-order valence-electron chi connectivity index (χ0n) is 11.1.